The summed E-state index contributed by atoms with van der Waals surface area (Å²) in [7, 11) is -2.07. The lowest BCUT2D eigenvalue weighted by atomic mass is 10.2. The van der Waals surface area contributed by atoms with Gasteiger partial charge >= 0.3 is 0 Å². The zero-order chi connectivity index (χ0) is 22.3. The molecular weight excluding hydrogens is 426 g/mol. The first kappa shape index (κ1) is 23.9. The molecule has 2 rings (SSSR count). The molecule has 0 fully saturated rings. The van der Waals surface area contributed by atoms with Crippen LogP contribution >= 0.6 is 11.6 Å². The highest BCUT2D eigenvalue weighted by Gasteiger charge is 2.23. The number of anilines is 1. The molecule has 30 heavy (non-hydrogen) atoms. The Morgan fingerprint density at radius 1 is 1.03 bits per heavy atom. The number of hydrogen-bond donors (Lipinski definition) is 2. The van der Waals surface area contributed by atoms with Gasteiger partial charge in [0.25, 0.3) is 5.91 Å². The number of hydrogen-bond acceptors (Lipinski definition) is 4. The van der Waals surface area contributed by atoms with Crippen molar-refractivity contribution in [2.24, 2.45) is 0 Å². The van der Waals surface area contributed by atoms with Crippen molar-refractivity contribution in [3.63, 3.8) is 0 Å². The van der Waals surface area contributed by atoms with E-state index in [1.165, 1.54) is 35.6 Å². The summed E-state index contributed by atoms with van der Waals surface area (Å²) >= 11 is 5.80. The third-order valence-electron chi connectivity index (χ3n) is 4.51. The Labute approximate surface area is 182 Å². The van der Waals surface area contributed by atoms with Crippen LogP contribution in [0.4, 0.5) is 5.69 Å². The zero-order valence-electron chi connectivity index (χ0n) is 17.2. The minimum Gasteiger partial charge on any atom is -0.352 e. The molecule has 0 atom stereocenters. The molecule has 0 spiro atoms. The van der Waals surface area contributed by atoms with Gasteiger partial charge in [-0.15, -0.1) is 0 Å². The SMILES string of the molecule is CC(C)N(C)S(=O)(=O)c1ccc(C(=O)NCCCC(=O)Nc2ccc(Cl)cc2)cc1. The molecule has 9 heteroatoms. The van der Waals surface area contributed by atoms with Gasteiger partial charge in [-0.25, -0.2) is 8.42 Å². The zero-order valence-corrected chi connectivity index (χ0v) is 18.8. The Morgan fingerprint density at radius 3 is 2.20 bits per heavy atom. The second kappa shape index (κ2) is 10.6. The number of carbonyl (C=O) groups excluding carboxylic acids is 2. The van der Waals surface area contributed by atoms with E-state index in [4.69, 9.17) is 11.6 Å². The van der Waals surface area contributed by atoms with Gasteiger partial charge in [-0.3, -0.25) is 9.59 Å². The number of carbonyl (C=O) groups is 2. The quantitative estimate of drug-likeness (QED) is 0.570. The van der Waals surface area contributed by atoms with Gasteiger partial charge in [0.05, 0.1) is 4.90 Å². The number of benzene rings is 2. The Kier molecular flexibility index (Phi) is 8.40. The monoisotopic (exact) mass is 451 g/mol. The maximum atomic E-state index is 12.5. The van der Waals surface area contributed by atoms with E-state index in [1.54, 1.807) is 38.1 Å². The van der Waals surface area contributed by atoms with Crippen LogP contribution in [0.5, 0.6) is 0 Å². The first-order valence-corrected chi connectivity index (χ1v) is 11.3. The number of halogens is 1. The fourth-order valence-electron chi connectivity index (χ4n) is 2.53. The molecule has 0 aliphatic carbocycles. The van der Waals surface area contributed by atoms with Crippen LogP contribution in [0.3, 0.4) is 0 Å². The lowest BCUT2D eigenvalue weighted by Gasteiger charge is -2.21. The second-order valence-corrected chi connectivity index (χ2v) is 9.49. The molecule has 0 radical (unpaired) electrons. The average molecular weight is 452 g/mol. The average Bonchev–Trinajstić information content (AvgIpc) is 2.72. The first-order chi connectivity index (χ1) is 14.1. The summed E-state index contributed by atoms with van der Waals surface area (Å²) in [6.07, 6.45) is 0.721. The summed E-state index contributed by atoms with van der Waals surface area (Å²) in [5.41, 5.74) is 1.01. The summed E-state index contributed by atoms with van der Waals surface area (Å²) in [6, 6.07) is 12.4. The van der Waals surface area contributed by atoms with Crippen molar-refractivity contribution in [1.29, 1.82) is 0 Å². The minimum absolute atomic E-state index is 0.133. The molecule has 0 unspecified atom stereocenters. The van der Waals surface area contributed by atoms with E-state index in [1.807, 2.05) is 0 Å². The van der Waals surface area contributed by atoms with Crippen LogP contribution in [0.2, 0.25) is 5.02 Å². The standard InChI is InChI=1S/C21H26ClN3O4S/c1-15(2)25(3)30(28,29)19-12-6-16(7-13-19)21(27)23-14-4-5-20(26)24-18-10-8-17(22)9-11-18/h6-13,15H,4-5,14H2,1-3H3,(H,23,27)(H,24,26). The largest absolute Gasteiger partial charge is 0.352 e. The predicted molar refractivity (Wildman–Crippen MR) is 118 cm³/mol. The number of sulfonamides is 1. The van der Waals surface area contributed by atoms with Crippen LogP contribution < -0.4 is 10.6 Å². The number of amides is 2. The molecule has 0 heterocycles. The van der Waals surface area contributed by atoms with Crippen molar-refractivity contribution < 1.29 is 18.0 Å². The van der Waals surface area contributed by atoms with E-state index in [0.717, 1.165) is 0 Å². The van der Waals surface area contributed by atoms with Crippen LogP contribution in [0.25, 0.3) is 0 Å². The van der Waals surface area contributed by atoms with Crippen molar-refractivity contribution in [2.45, 2.75) is 37.6 Å². The van der Waals surface area contributed by atoms with Gasteiger partial charge in [-0.2, -0.15) is 4.31 Å². The second-order valence-electron chi connectivity index (χ2n) is 7.05. The van der Waals surface area contributed by atoms with Gasteiger partial charge in [-0.1, -0.05) is 11.6 Å². The van der Waals surface area contributed by atoms with E-state index >= 15 is 0 Å². The fraction of sp³-hybridized carbons (Fsp3) is 0.333. The van der Waals surface area contributed by atoms with Crippen molar-refractivity contribution in [2.75, 3.05) is 18.9 Å². The maximum absolute atomic E-state index is 12.5. The van der Waals surface area contributed by atoms with Crippen LogP contribution in [-0.4, -0.2) is 44.2 Å². The highest BCUT2D eigenvalue weighted by atomic mass is 35.5. The van der Waals surface area contributed by atoms with Crippen molar-refractivity contribution in [3.05, 3.63) is 59.1 Å². The molecule has 2 aromatic rings. The van der Waals surface area contributed by atoms with E-state index in [-0.39, 0.29) is 29.2 Å². The van der Waals surface area contributed by atoms with Gasteiger partial charge in [0.2, 0.25) is 15.9 Å². The van der Waals surface area contributed by atoms with Gasteiger partial charge < -0.3 is 10.6 Å². The molecule has 0 aliphatic rings. The van der Waals surface area contributed by atoms with Crippen LogP contribution in [-0.2, 0) is 14.8 Å². The number of rotatable bonds is 9. The Balaban J connectivity index is 1.81. The topological polar surface area (TPSA) is 95.6 Å². The van der Waals surface area contributed by atoms with Crippen LogP contribution in [0.15, 0.2) is 53.4 Å². The smallest absolute Gasteiger partial charge is 0.251 e. The molecule has 162 valence electrons. The van der Waals surface area contributed by atoms with E-state index in [0.29, 0.717) is 29.2 Å². The molecule has 0 saturated heterocycles. The fourth-order valence-corrected chi connectivity index (χ4v) is 4.03. The molecule has 7 nitrogen and oxygen atoms in total. The summed E-state index contributed by atoms with van der Waals surface area (Å²) < 4.78 is 26.2. The normalized spacial score (nSPS) is 11.5. The molecule has 2 aromatic carbocycles. The summed E-state index contributed by atoms with van der Waals surface area (Å²) in [4.78, 5) is 24.3. The maximum Gasteiger partial charge on any atom is 0.251 e. The first-order valence-electron chi connectivity index (χ1n) is 9.53. The van der Waals surface area contributed by atoms with Gasteiger partial charge in [0, 0.05) is 42.3 Å². The summed E-state index contributed by atoms with van der Waals surface area (Å²) in [6.45, 7) is 3.90. The van der Waals surface area contributed by atoms with Crippen LogP contribution in [0.1, 0.15) is 37.0 Å². The Hall–Kier alpha value is -2.42. The number of nitrogens with zero attached hydrogens (tertiary/aromatic N) is 1. The molecule has 2 amide bonds. The number of nitrogens with one attached hydrogen (secondary N) is 2. The Bertz CT molecular complexity index is 974. The molecule has 0 bridgehead atoms. The third kappa shape index (κ3) is 6.55. The van der Waals surface area contributed by atoms with E-state index in [9.17, 15) is 18.0 Å². The lowest BCUT2D eigenvalue weighted by Crippen LogP contribution is -2.33. The van der Waals surface area contributed by atoms with E-state index in [2.05, 4.69) is 10.6 Å². The molecular formula is C21H26ClN3O4S. The van der Waals surface area contributed by atoms with E-state index < -0.39 is 10.0 Å². The van der Waals surface area contributed by atoms with Gasteiger partial charge in [0.1, 0.15) is 0 Å². The highest BCUT2D eigenvalue weighted by molar-refractivity contribution is 7.89. The molecule has 0 aromatic heterocycles. The van der Waals surface area contributed by atoms with Crippen molar-refractivity contribution >= 4 is 39.1 Å². The van der Waals surface area contributed by atoms with Crippen LogP contribution in [0, 0.1) is 0 Å². The highest BCUT2D eigenvalue weighted by Crippen LogP contribution is 2.17. The molecule has 2 N–H and O–H groups in total. The molecule has 0 saturated carbocycles. The lowest BCUT2D eigenvalue weighted by molar-refractivity contribution is -0.116. The molecule has 0 aliphatic heterocycles. The minimum atomic E-state index is -3.59. The predicted octanol–water partition coefficient (Wildman–Crippen LogP) is 3.52. The Morgan fingerprint density at radius 2 is 1.63 bits per heavy atom. The third-order valence-corrected chi connectivity index (χ3v) is 6.81. The summed E-state index contributed by atoms with van der Waals surface area (Å²) in [5.74, 6) is -0.482. The van der Waals surface area contributed by atoms with Gasteiger partial charge in [0.15, 0.2) is 0 Å². The van der Waals surface area contributed by atoms with Crippen molar-refractivity contribution in [3.8, 4) is 0 Å². The van der Waals surface area contributed by atoms with Crippen molar-refractivity contribution in [1.82, 2.24) is 9.62 Å². The van der Waals surface area contributed by atoms with Gasteiger partial charge in [-0.05, 0) is 68.8 Å². The summed E-state index contributed by atoms with van der Waals surface area (Å²) in [5, 5.41) is 6.07.